The second-order valence-electron chi connectivity index (χ2n) is 3.55. The number of halogens is 1. The molecule has 94 valence electrons. The zero-order valence-corrected chi connectivity index (χ0v) is 10.9. The van der Waals surface area contributed by atoms with Crippen LogP contribution in [0.3, 0.4) is 0 Å². The van der Waals surface area contributed by atoms with Crippen molar-refractivity contribution >= 4 is 34.6 Å². The van der Waals surface area contributed by atoms with Gasteiger partial charge in [0.25, 0.3) is 0 Å². The van der Waals surface area contributed by atoms with Crippen molar-refractivity contribution in [2.24, 2.45) is 0 Å². The summed E-state index contributed by atoms with van der Waals surface area (Å²) in [7, 11) is 0. The fraction of sp³-hybridized carbons (Fsp3) is 0.0833. The summed E-state index contributed by atoms with van der Waals surface area (Å²) in [5.74, 6) is 0.857. The molecule has 1 aromatic heterocycles. The molecule has 2 rings (SSSR count). The van der Waals surface area contributed by atoms with E-state index >= 15 is 0 Å². The molecule has 0 atom stereocenters. The van der Waals surface area contributed by atoms with Crippen molar-refractivity contribution in [3.8, 4) is 5.75 Å². The Morgan fingerprint density at radius 1 is 1.39 bits per heavy atom. The lowest BCUT2D eigenvalue weighted by molar-refractivity contribution is 0.478. The van der Waals surface area contributed by atoms with Gasteiger partial charge in [-0.25, -0.2) is 0 Å². The Hall–Kier alpha value is -1.72. The second-order valence-corrected chi connectivity index (χ2v) is 4.39. The Bertz CT molecular complexity index is 543. The Morgan fingerprint density at radius 2 is 2.22 bits per heavy atom. The second kappa shape index (κ2) is 5.75. The summed E-state index contributed by atoms with van der Waals surface area (Å²) in [5, 5.41) is 16.3. The topological polar surface area (TPSA) is 57.4 Å². The quantitative estimate of drug-likeness (QED) is 0.596. The first-order valence-corrected chi connectivity index (χ1v) is 5.99. The average molecular weight is 283 g/mol. The molecule has 0 spiro atoms. The lowest BCUT2D eigenvalue weighted by Crippen LogP contribution is -2.27. The number of phenolic OH excluding ortho intramolecular Hbond substituents is 1. The van der Waals surface area contributed by atoms with Crippen LogP contribution in [-0.4, -0.2) is 10.2 Å². The third kappa shape index (κ3) is 3.38. The maximum absolute atomic E-state index is 9.61. The van der Waals surface area contributed by atoms with Crippen LogP contribution in [0.25, 0.3) is 0 Å². The van der Waals surface area contributed by atoms with Gasteiger partial charge in [0, 0.05) is 5.02 Å². The molecule has 3 N–H and O–H groups in total. The largest absolute Gasteiger partial charge is 0.506 e. The number of hydrogen-bond acceptors (Lipinski definition) is 3. The molecule has 0 aliphatic carbocycles. The molecule has 4 nitrogen and oxygen atoms in total. The number of benzene rings is 1. The molecular weight excluding hydrogens is 272 g/mol. The van der Waals surface area contributed by atoms with Gasteiger partial charge in [-0.2, -0.15) is 0 Å². The zero-order valence-electron chi connectivity index (χ0n) is 9.31. The first-order chi connectivity index (χ1) is 8.65. The van der Waals surface area contributed by atoms with Crippen molar-refractivity contribution < 1.29 is 9.52 Å². The average Bonchev–Trinajstić information content (AvgIpc) is 2.84. The number of thiocarbonyl (C=S) groups is 1. The molecule has 0 saturated carbocycles. The molecule has 0 bridgehead atoms. The van der Waals surface area contributed by atoms with E-state index in [9.17, 15) is 5.11 Å². The standard InChI is InChI=1S/C12H11ClN2O2S/c13-8-3-4-11(16)10(6-8)15-12(18)14-7-9-2-1-5-17-9/h1-6,16H,7H2,(H2,14,15,18). The van der Waals surface area contributed by atoms with Crippen molar-refractivity contribution in [3.63, 3.8) is 0 Å². The minimum absolute atomic E-state index is 0.0848. The molecule has 0 aliphatic rings. The molecule has 0 aliphatic heterocycles. The highest BCUT2D eigenvalue weighted by atomic mass is 35.5. The van der Waals surface area contributed by atoms with Gasteiger partial charge in [0.1, 0.15) is 11.5 Å². The van der Waals surface area contributed by atoms with E-state index in [-0.39, 0.29) is 5.75 Å². The van der Waals surface area contributed by atoms with Gasteiger partial charge in [-0.15, -0.1) is 0 Å². The molecule has 18 heavy (non-hydrogen) atoms. The van der Waals surface area contributed by atoms with Gasteiger partial charge in [-0.3, -0.25) is 0 Å². The molecule has 0 radical (unpaired) electrons. The lowest BCUT2D eigenvalue weighted by Gasteiger charge is -2.11. The zero-order chi connectivity index (χ0) is 13.0. The summed E-state index contributed by atoms with van der Waals surface area (Å²) in [6.45, 7) is 0.472. The van der Waals surface area contributed by atoms with Gasteiger partial charge in [-0.1, -0.05) is 11.6 Å². The van der Waals surface area contributed by atoms with Gasteiger partial charge >= 0.3 is 0 Å². The third-order valence-corrected chi connectivity index (χ3v) is 2.69. The van der Waals surface area contributed by atoms with Gasteiger partial charge in [-0.05, 0) is 42.5 Å². The van der Waals surface area contributed by atoms with Crippen LogP contribution in [0.15, 0.2) is 41.0 Å². The van der Waals surface area contributed by atoms with E-state index in [1.54, 1.807) is 24.5 Å². The molecule has 0 amide bonds. The Kier molecular flexibility index (Phi) is 4.07. The lowest BCUT2D eigenvalue weighted by atomic mass is 10.3. The summed E-state index contributed by atoms with van der Waals surface area (Å²) in [6, 6.07) is 8.34. The number of phenols is 1. The fourth-order valence-corrected chi connectivity index (χ4v) is 1.71. The fourth-order valence-electron chi connectivity index (χ4n) is 1.36. The van der Waals surface area contributed by atoms with Crippen LogP contribution in [-0.2, 0) is 6.54 Å². The van der Waals surface area contributed by atoms with Crippen LogP contribution in [0.1, 0.15) is 5.76 Å². The van der Waals surface area contributed by atoms with Crippen LogP contribution in [0.2, 0.25) is 5.02 Å². The summed E-state index contributed by atoms with van der Waals surface area (Å²) in [4.78, 5) is 0. The maximum atomic E-state index is 9.61. The summed E-state index contributed by atoms with van der Waals surface area (Å²) < 4.78 is 5.16. The SMILES string of the molecule is Oc1ccc(Cl)cc1NC(=S)NCc1ccco1. The predicted molar refractivity (Wildman–Crippen MR) is 74.9 cm³/mol. The molecule has 6 heteroatoms. The van der Waals surface area contributed by atoms with E-state index in [1.165, 1.54) is 6.07 Å². The van der Waals surface area contributed by atoms with Crippen molar-refractivity contribution in [1.82, 2.24) is 5.32 Å². The molecule has 2 aromatic rings. The number of hydrogen-bond donors (Lipinski definition) is 3. The van der Waals surface area contributed by atoms with Crippen molar-refractivity contribution in [2.45, 2.75) is 6.54 Å². The molecule has 1 aromatic carbocycles. The van der Waals surface area contributed by atoms with E-state index in [0.717, 1.165) is 5.76 Å². The van der Waals surface area contributed by atoms with Gasteiger partial charge in [0.05, 0.1) is 18.5 Å². The van der Waals surface area contributed by atoms with Gasteiger partial charge < -0.3 is 20.2 Å². The van der Waals surface area contributed by atoms with Crippen LogP contribution in [0.5, 0.6) is 5.75 Å². The van der Waals surface area contributed by atoms with Crippen LogP contribution in [0, 0.1) is 0 Å². The van der Waals surface area contributed by atoms with Crippen LogP contribution < -0.4 is 10.6 Å². The van der Waals surface area contributed by atoms with Crippen molar-refractivity contribution in [2.75, 3.05) is 5.32 Å². The smallest absolute Gasteiger partial charge is 0.171 e. The van der Waals surface area contributed by atoms with Crippen molar-refractivity contribution in [1.29, 1.82) is 0 Å². The van der Waals surface area contributed by atoms with Gasteiger partial charge in [0.2, 0.25) is 0 Å². The van der Waals surface area contributed by atoms with E-state index in [2.05, 4.69) is 10.6 Å². The van der Waals surface area contributed by atoms with E-state index in [0.29, 0.717) is 22.4 Å². The summed E-state index contributed by atoms with van der Waals surface area (Å²) in [6.07, 6.45) is 1.59. The number of anilines is 1. The monoisotopic (exact) mass is 282 g/mol. The minimum Gasteiger partial charge on any atom is -0.506 e. The Morgan fingerprint density at radius 3 is 2.94 bits per heavy atom. The molecular formula is C12H11ClN2O2S. The predicted octanol–water partition coefficient (Wildman–Crippen LogP) is 3.13. The minimum atomic E-state index is 0.0848. The number of furan rings is 1. The van der Waals surface area contributed by atoms with E-state index in [1.807, 2.05) is 6.07 Å². The highest BCUT2D eigenvalue weighted by Gasteiger charge is 2.04. The van der Waals surface area contributed by atoms with E-state index < -0.39 is 0 Å². The molecule has 1 heterocycles. The first-order valence-electron chi connectivity index (χ1n) is 5.21. The normalized spacial score (nSPS) is 10.1. The maximum Gasteiger partial charge on any atom is 0.171 e. The molecule has 0 fully saturated rings. The van der Waals surface area contributed by atoms with Crippen LogP contribution >= 0.6 is 23.8 Å². The highest BCUT2D eigenvalue weighted by Crippen LogP contribution is 2.26. The Balaban J connectivity index is 1.92. The first kappa shape index (κ1) is 12.7. The molecule has 0 saturated heterocycles. The van der Waals surface area contributed by atoms with Gasteiger partial charge in [0.15, 0.2) is 5.11 Å². The Labute approximate surface area is 115 Å². The number of rotatable bonds is 3. The van der Waals surface area contributed by atoms with Crippen LogP contribution in [0.4, 0.5) is 5.69 Å². The number of nitrogens with one attached hydrogen (secondary N) is 2. The third-order valence-electron chi connectivity index (χ3n) is 2.21. The summed E-state index contributed by atoms with van der Waals surface area (Å²) >= 11 is 10.9. The van der Waals surface area contributed by atoms with Crippen molar-refractivity contribution in [3.05, 3.63) is 47.4 Å². The highest BCUT2D eigenvalue weighted by molar-refractivity contribution is 7.80. The number of aromatic hydroxyl groups is 1. The summed E-state index contributed by atoms with van der Waals surface area (Å²) in [5.41, 5.74) is 0.458. The molecule has 0 unspecified atom stereocenters. The van der Waals surface area contributed by atoms with E-state index in [4.69, 9.17) is 28.2 Å².